The monoisotopic (exact) mass is 291 g/mol. The number of nitrogen functional groups attached to an aromatic ring is 1. The summed E-state index contributed by atoms with van der Waals surface area (Å²) in [7, 11) is 1.78. The van der Waals surface area contributed by atoms with Crippen molar-refractivity contribution in [3.63, 3.8) is 0 Å². The molecule has 1 aliphatic rings. The molecule has 0 aromatic heterocycles. The molecule has 0 radical (unpaired) electrons. The minimum Gasteiger partial charge on any atom is -0.508 e. The summed E-state index contributed by atoms with van der Waals surface area (Å²) in [5.74, 6) is -0.0802. The molecule has 1 aromatic rings. The fraction of sp³-hybridized carbons (Fsp3) is 0.562. The minimum atomic E-state index is -0.142. The van der Waals surface area contributed by atoms with Gasteiger partial charge in [0.25, 0.3) is 5.91 Å². The lowest BCUT2D eigenvalue weighted by Gasteiger charge is -2.26. The molecule has 1 amide bonds. The quantitative estimate of drug-likeness (QED) is 0.642. The zero-order valence-electron chi connectivity index (χ0n) is 12.9. The number of nitrogens with two attached hydrogens (primary N) is 1. The molecule has 0 spiro atoms. The van der Waals surface area contributed by atoms with E-state index in [-0.39, 0.29) is 11.7 Å². The van der Waals surface area contributed by atoms with E-state index in [2.05, 4.69) is 11.8 Å². The molecule has 116 valence electrons. The number of hydrogen-bond donors (Lipinski definition) is 2. The fourth-order valence-electron chi connectivity index (χ4n) is 2.78. The van der Waals surface area contributed by atoms with Crippen molar-refractivity contribution in [2.45, 2.75) is 32.2 Å². The molecule has 1 unspecified atom stereocenters. The predicted octanol–water partition coefficient (Wildman–Crippen LogP) is 1.92. The second-order valence-corrected chi connectivity index (χ2v) is 5.88. The molecule has 3 N–H and O–H groups in total. The fourth-order valence-corrected chi connectivity index (χ4v) is 2.78. The van der Waals surface area contributed by atoms with Gasteiger partial charge in [-0.2, -0.15) is 0 Å². The van der Waals surface area contributed by atoms with Crippen molar-refractivity contribution in [1.82, 2.24) is 9.80 Å². The molecule has 21 heavy (non-hydrogen) atoms. The van der Waals surface area contributed by atoms with Crippen molar-refractivity contribution in [3.05, 3.63) is 23.8 Å². The van der Waals surface area contributed by atoms with Crippen LogP contribution in [0.4, 0.5) is 5.69 Å². The van der Waals surface area contributed by atoms with Crippen LogP contribution >= 0.6 is 0 Å². The second-order valence-electron chi connectivity index (χ2n) is 5.88. The first-order chi connectivity index (χ1) is 9.99. The topological polar surface area (TPSA) is 69.8 Å². The van der Waals surface area contributed by atoms with Crippen LogP contribution < -0.4 is 5.73 Å². The van der Waals surface area contributed by atoms with E-state index in [9.17, 15) is 9.90 Å². The number of anilines is 1. The third-order valence-electron chi connectivity index (χ3n) is 4.26. The highest BCUT2D eigenvalue weighted by molar-refractivity contribution is 5.99. The van der Waals surface area contributed by atoms with Crippen LogP contribution in [0.3, 0.4) is 0 Å². The summed E-state index contributed by atoms with van der Waals surface area (Å²) < 4.78 is 0. The summed E-state index contributed by atoms with van der Waals surface area (Å²) in [4.78, 5) is 16.5. The van der Waals surface area contributed by atoms with Gasteiger partial charge in [-0.05, 0) is 57.5 Å². The maximum atomic E-state index is 12.4. The minimum absolute atomic E-state index is 0.0615. The van der Waals surface area contributed by atoms with E-state index in [4.69, 9.17) is 5.73 Å². The predicted molar refractivity (Wildman–Crippen MR) is 84.4 cm³/mol. The Kier molecular flexibility index (Phi) is 5.07. The summed E-state index contributed by atoms with van der Waals surface area (Å²) >= 11 is 0. The van der Waals surface area contributed by atoms with Gasteiger partial charge in [0.05, 0.1) is 5.56 Å². The zero-order chi connectivity index (χ0) is 15.4. The molecular weight excluding hydrogens is 266 g/mol. The van der Waals surface area contributed by atoms with E-state index in [1.165, 1.54) is 38.1 Å². The SMILES string of the molecule is CC(CCN(C)C(=O)c1cc(O)ccc1N)N1CCCC1. The van der Waals surface area contributed by atoms with Crippen molar-refractivity contribution in [2.75, 3.05) is 32.4 Å². The number of carbonyl (C=O) groups excluding carboxylic acids is 1. The van der Waals surface area contributed by atoms with Crippen LogP contribution in [0, 0.1) is 0 Å². The van der Waals surface area contributed by atoms with Crippen molar-refractivity contribution in [1.29, 1.82) is 0 Å². The van der Waals surface area contributed by atoms with Gasteiger partial charge in [-0.1, -0.05) is 0 Å². The molecular formula is C16H25N3O2. The third-order valence-corrected chi connectivity index (χ3v) is 4.26. The van der Waals surface area contributed by atoms with Crippen molar-refractivity contribution in [3.8, 4) is 5.75 Å². The lowest BCUT2D eigenvalue weighted by molar-refractivity contribution is 0.0782. The van der Waals surface area contributed by atoms with Crippen LogP contribution in [-0.4, -0.2) is 53.5 Å². The number of hydrogen-bond acceptors (Lipinski definition) is 4. The number of benzene rings is 1. The number of amides is 1. The van der Waals surface area contributed by atoms with Gasteiger partial charge in [-0.3, -0.25) is 4.79 Å². The summed E-state index contributed by atoms with van der Waals surface area (Å²) in [6.07, 6.45) is 3.50. The Morgan fingerprint density at radius 2 is 2.10 bits per heavy atom. The Labute approximate surface area is 126 Å². The third kappa shape index (κ3) is 3.88. The smallest absolute Gasteiger partial charge is 0.255 e. The molecule has 1 atom stereocenters. The van der Waals surface area contributed by atoms with Gasteiger partial charge in [0.15, 0.2) is 0 Å². The van der Waals surface area contributed by atoms with E-state index < -0.39 is 0 Å². The summed E-state index contributed by atoms with van der Waals surface area (Å²) in [5.41, 5.74) is 6.58. The highest BCUT2D eigenvalue weighted by Crippen LogP contribution is 2.20. The number of aromatic hydroxyl groups is 1. The lowest BCUT2D eigenvalue weighted by atomic mass is 10.1. The van der Waals surface area contributed by atoms with Crippen LogP contribution in [0.2, 0.25) is 0 Å². The van der Waals surface area contributed by atoms with Crippen molar-refractivity contribution in [2.24, 2.45) is 0 Å². The molecule has 1 heterocycles. The van der Waals surface area contributed by atoms with Crippen molar-refractivity contribution >= 4 is 11.6 Å². The van der Waals surface area contributed by atoms with Gasteiger partial charge in [0.2, 0.25) is 0 Å². The van der Waals surface area contributed by atoms with Gasteiger partial charge >= 0.3 is 0 Å². The summed E-state index contributed by atoms with van der Waals surface area (Å²) in [5, 5.41) is 9.50. The van der Waals surface area contributed by atoms with Gasteiger partial charge in [0.1, 0.15) is 5.75 Å². The zero-order valence-corrected chi connectivity index (χ0v) is 12.9. The van der Waals surface area contributed by atoms with Crippen LogP contribution in [0.25, 0.3) is 0 Å². The first kappa shape index (κ1) is 15.6. The Hall–Kier alpha value is -1.75. The number of likely N-dealkylation sites (tertiary alicyclic amines) is 1. The highest BCUT2D eigenvalue weighted by atomic mass is 16.3. The van der Waals surface area contributed by atoms with E-state index in [0.29, 0.717) is 23.8 Å². The summed E-state index contributed by atoms with van der Waals surface area (Å²) in [6.45, 7) is 5.23. The Morgan fingerprint density at radius 1 is 1.43 bits per heavy atom. The maximum absolute atomic E-state index is 12.4. The van der Waals surface area contributed by atoms with Crippen LogP contribution in [0.1, 0.15) is 36.5 Å². The van der Waals surface area contributed by atoms with Gasteiger partial charge in [-0.25, -0.2) is 0 Å². The normalized spacial score (nSPS) is 16.9. The molecule has 0 aliphatic carbocycles. The Balaban J connectivity index is 1.91. The first-order valence-corrected chi connectivity index (χ1v) is 7.57. The van der Waals surface area contributed by atoms with E-state index in [1.807, 2.05) is 0 Å². The second kappa shape index (κ2) is 6.80. The van der Waals surface area contributed by atoms with E-state index in [0.717, 1.165) is 6.42 Å². The Morgan fingerprint density at radius 3 is 2.76 bits per heavy atom. The Bertz CT molecular complexity index is 498. The maximum Gasteiger partial charge on any atom is 0.255 e. The highest BCUT2D eigenvalue weighted by Gasteiger charge is 2.20. The number of phenolic OH excluding ortho intramolecular Hbond substituents is 1. The molecule has 2 rings (SSSR count). The van der Waals surface area contributed by atoms with Gasteiger partial charge < -0.3 is 20.6 Å². The van der Waals surface area contributed by atoms with Gasteiger partial charge in [0, 0.05) is 25.3 Å². The van der Waals surface area contributed by atoms with Crippen LogP contribution in [0.5, 0.6) is 5.75 Å². The molecule has 1 fully saturated rings. The molecule has 1 saturated heterocycles. The molecule has 0 bridgehead atoms. The summed E-state index contributed by atoms with van der Waals surface area (Å²) in [6, 6.07) is 4.97. The van der Waals surface area contributed by atoms with E-state index >= 15 is 0 Å². The van der Waals surface area contributed by atoms with Crippen LogP contribution in [0.15, 0.2) is 18.2 Å². The van der Waals surface area contributed by atoms with Crippen molar-refractivity contribution < 1.29 is 9.90 Å². The molecule has 0 saturated carbocycles. The number of nitrogens with zero attached hydrogens (tertiary/aromatic N) is 2. The van der Waals surface area contributed by atoms with Gasteiger partial charge in [-0.15, -0.1) is 0 Å². The largest absolute Gasteiger partial charge is 0.508 e. The molecule has 1 aromatic carbocycles. The molecule has 5 nitrogen and oxygen atoms in total. The molecule has 5 heteroatoms. The average molecular weight is 291 g/mol. The first-order valence-electron chi connectivity index (χ1n) is 7.57. The number of rotatable bonds is 5. The lowest BCUT2D eigenvalue weighted by Crippen LogP contribution is -2.35. The van der Waals surface area contributed by atoms with Crippen LogP contribution in [-0.2, 0) is 0 Å². The molecule has 1 aliphatic heterocycles. The average Bonchev–Trinajstić information content (AvgIpc) is 3.00. The standard InChI is InChI=1S/C16H25N3O2/c1-12(19-8-3-4-9-19)7-10-18(2)16(21)14-11-13(20)5-6-15(14)17/h5-6,11-12,20H,3-4,7-10,17H2,1-2H3. The van der Waals surface area contributed by atoms with E-state index in [1.54, 1.807) is 18.0 Å². The number of carbonyl (C=O) groups is 1. The number of phenols is 1.